The Kier molecular flexibility index (Phi) is 5.18. The van der Waals surface area contributed by atoms with Crippen LogP contribution in [0.2, 0.25) is 0 Å². The van der Waals surface area contributed by atoms with Gasteiger partial charge in [0.25, 0.3) is 0 Å². The van der Waals surface area contributed by atoms with E-state index in [0.717, 1.165) is 0 Å². The number of hydrogen-bond donors (Lipinski definition) is 2. The molecule has 0 aliphatic carbocycles. The molecule has 2 heterocycles. The van der Waals surface area contributed by atoms with Crippen LogP contribution < -0.4 is 10.0 Å². The molecule has 2 aliphatic heterocycles. The molecule has 0 spiro atoms. The fourth-order valence-electron chi connectivity index (χ4n) is 3.17. The SMILES string of the molecule is CC(C)(C)OC(=O)N1CCC(NS(=O)(=O)c2ccc3c(c2)CC(=O)N3)CC1. The maximum absolute atomic E-state index is 12.7. The highest BCUT2D eigenvalue weighted by Gasteiger charge is 2.30. The van der Waals surface area contributed by atoms with Crippen LogP contribution >= 0.6 is 0 Å². The molecule has 0 aromatic heterocycles. The van der Waals surface area contributed by atoms with E-state index in [9.17, 15) is 18.0 Å². The highest BCUT2D eigenvalue weighted by atomic mass is 32.2. The molecule has 1 saturated heterocycles. The van der Waals surface area contributed by atoms with E-state index >= 15 is 0 Å². The number of anilines is 1. The lowest BCUT2D eigenvalue weighted by Gasteiger charge is -2.33. The number of benzene rings is 1. The number of likely N-dealkylation sites (tertiary alicyclic amines) is 1. The van der Waals surface area contributed by atoms with Gasteiger partial charge in [-0.25, -0.2) is 17.9 Å². The molecular weight excluding hydrogens is 370 g/mol. The maximum atomic E-state index is 12.7. The number of carbonyl (C=O) groups excluding carboxylic acids is 2. The predicted molar refractivity (Wildman–Crippen MR) is 99.9 cm³/mol. The quantitative estimate of drug-likeness (QED) is 0.813. The van der Waals surface area contributed by atoms with Crippen molar-refractivity contribution in [1.29, 1.82) is 0 Å². The molecule has 1 aromatic carbocycles. The number of sulfonamides is 1. The summed E-state index contributed by atoms with van der Waals surface area (Å²) >= 11 is 0. The Labute approximate surface area is 159 Å². The highest BCUT2D eigenvalue weighted by Crippen LogP contribution is 2.26. The van der Waals surface area contributed by atoms with Crippen molar-refractivity contribution in [3.8, 4) is 0 Å². The first-order valence-corrected chi connectivity index (χ1v) is 10.4. The van der Waals surface area contributed by atoms with Crippen molar-refractivity contribution in [3.05, 3.63) is 23.8 Å². The third-order valence-corrected chi connectivity index (χ3v) is 6.00. The van der Waals surface area contributed by atoms with Gasteiger partial charge >= 0.3 is 6.09 Å². The Balaban J connectivity index is 1.59. The van der Waals surface area contributed by atoms with Crippen molar-refractivity contribution in [3.63, 3.8) is 0 Å². The van der Waals surface area contributed by atoms with Crippen LogP contribution in [0.25, 0.3) is 0 Å². The van der Waals surface area contributed by atoms with Crippen molar-refractivity contribution in [2.75, 3.05) is 18.4 Å². The molecule has 0 bridgehead atoms. The minimum atomic E-state index is -3.69. The fourth-order valence-corrected chi connectivity index (χ4v) is 4.52. The van der Waals surface area contributed by atoms with Crippen molar-refractivity contribution < 1.29 is 22.7 Å². The van der Waals surface area contributed by atoms with Gasteiger partial charge in [-0.05, 0) is 57.4 Å². The molecule has 1 fully saturated rings. The molecule has 27 heavy (non-hydrogen) atoms. The molecule has 2 N–H and O–H groups in total. The zero-order valence-electron chi connectivity index (χ0n) is 15.7. The van der Waals surface area contributed by atoms with E-state index in [1.165, 1.54) is 12.1 Å². The summed E-state index contributed by atoms with van der Waals surface area (Å²) in [5.41, 5.74) is 0.784. The summed E-state index contributed by atoms with van der Waals surface area (Å²) in [4.78, 5) is 25.3. The number of nitrogens with one attached hydrogen (secondary N) is 2. The zero-order chi connectivity index (χ0) is 19.8. The number of fused-ring (bicyclic) bond motifs is 1. The second-order valence-electron chi connectivity index (χ2n) is 7.91. The summed E-state index contributed by atoms with van der Waals surface area (Å²) in [5, 5.41) is 2.69. The topological polar surface area (TPSA) is 105 Å². The summed E-state index contributed by atoms with van der Waals surface area (Å²) in [6, 6.07) is 4.38. The van der Waals surface area contributed by atoms with Crippen molar-refractivity contribution in [1.82, 2.24) is 9.62 Å². The van der Waals surface area contributed by atoms with Crippen LogP contribution in [-0.2, 0) is 26.0 Å². The summed E-state index contributed by atoms with van der Waals surface area (Å²) < 4.78 is 33.4. The molecule has 0 radical (unpaired) electrons. The zero-order valence-corrected chi connectivity index (χ0v) is 16.6. The number of nitrogens with zero attached hydrogens (tertiary/aromatic N) is 1. The van der Waals surface area contributed by atoms with E-state index in [0.29, 0.717) is 37.2 Å². The molecule has 8 nitrogen and oxygen atoms in total. The fraction of sp³-hybridized carbons (Fsp3) is 0.556. The van der Waals surface area contributed by atoms with Crippen LogP contribution in [0.15, 0.2) is 23.1 Å². The van der Waals surface area contributed by atoms with Crippen molar-refractivity contribution in [2.45, 2.75) is 56.6 Å². The number of amides is 2. The Morgan fingerprint density at radius 1 is 1.26 bits per heavy atom. The lowest BCUT2D eigenvalue weighted by Crippen LogP contribution is -2.47. The number of piperidine rings is 1. The molecule has 1 aromatic rings. The summed E-state index contributed by atoms with van der Waals surface area (Å²) in [7, 11) is -3.69. The lowest BCUT2D eigenvalue weighted by molar-refractivity contribution is -0.115. The normalized spacial score (nSPS) is 18.2. The van der Waals surface area contributed by atoms with Gasteiger partial charge in [0.1, 0.15) is 5.60 Å². The maximum Gasteiger partial charge on any atom is 0.410 e. The van der Waals surface area contributed by atoms with E-state index in [4.69, 9.17) is 4.74 Å². The van der Waals surface area contributed by atoms with Gasteiger partial charge in [0.2, 0.25) is 15.9 Å². The van der Waals surface area contributed by atoms with Gasteiger partial charge in [-0.2, -0.15) is 0 Å². The largest absolute Gasteiger partial charge is 0.444 e. The third-order valence-electron chi connectivity index (χ3n) is 4.48. The second-order valence-corrected chi connectivity index (χ2v) is 9.62. The molecule has 0 unspecified atom stereocenters. The van der Waals surface area contributed by atoms with Crippen LogP contribution in [0.4, 0.5) is 10.5 Å². The van der Waals surface area contributed by atoms with E-state index < -0.39 is 15.6 Å². The molecule has 3 rings (SSSR count). The first-order chi connectivity index (χ1) is 12.5. The van der Waals surface area contributed by atoms with E-state index in [1.807, 2.05) is 20.8 Å². The van der Waals surface area contributed by atoms with E-state index in [2.05, 4.69) is 10.0 Å². The first-order valence-electron chi connectivity index (χ1n) is 8.96. The van der Waals surface area contributed by atoms with Gasteiger partial charge in [0, 0.05) is 24.8 Å². The highest BCUT2D eigenvalue weighted by molar-refractivity contribution is 7.89. The van der Waals surface area contributed by atoms with E-state index in [-0.39, 0.29) is 29.4 Å². The lowest BCUT2D eigenvalue weighted by atomic mass is 10.1. The third kappa shape index (κ3) is 4.78. The first kappa shape index (κ1) is 19.6. The van der Waals surface area contributed by atoms with E-state index in [1.54, 1.807) is 11.0 Å². The van der Waals surface area contributed by atoms with Gasteiger partial charge in [0.05, 0.1) is 11.3 Å². The Morgan fingerprint density at radius 3 is 2.56 bits per heavy atom. The molecular formula is C18H25N3O5S. The standard InChI is InChI=1S/C18H25N3O5S/c1-18(2,3)26-17(23)21-8-6-13(7-9-21)20-27(24,25)14-4-5-15-12(10-14)11-16(22)19-15/h4-5,10,13,20H,6-9,11H2,1-3H3,(H,19,22). The van der Waals surface area contributed by atoms with Crippen LogP contribution in [0.1, 0.15) is 39.2 Å². The average Bonchev–Trinajstić information content (AvgIpc) is 2.92. The Hall–Kier alpha value is -2.13. The predicted octanol–water partition coefficient (Wildman–Crippen LogP) is 1.86. The molecule has 148 valence electrons. The Morgan fingerprint density at radius 2 is 1.93 bits per heavy atom. The minimum absolute atomic E-state index is 0.137. The number of hydrogen-bond acceptors (Lipinski definition) is 5. The number of ether oxygens (including phenoxy) is 1. The second kappa shape index (κ2) is 7.12. The van der Waals surface area contributed by atoms with Crippen LogP contribution in [0.3, 0.4) is 0 Å². The van der Waals surface area contributed by atoms with Gasteiger partial charge in [-0.3, -0.25) is 4.79 Å². The monoisotopic (exact) mass is 395 g/mol. The number of rotatable bonds is 3. The molecule has 9 heteroatoms. The summed E-state index contributed by atoms with van der Waals surface area (Å²) in [6.07, 6.45) is 0.847. The molecule has 0 saturated carbocycles. The molecule has 2 aliphatic rings. The van der Waals surface area contributed by atoms with Gasteiger partial charge in [0.15, 0.2) is 0 Å². The summed E-state index contributed by atoms with van der Waals surface area (Å²) in [5.74, 6) is -0.137. The smallest absolute Gasteiger partial charge is 0.410 e. The summed E-state index contributed by atoms with van der Waals surface area (Å²) in [6.45, 7) is 6.30. The van der Waals surface area contributed by atoms with Crippen LogP contribution in [0.5, 0.6) is 0 Å². The Bertz CT molecular complexity index is 852. The van der Waals surface area contributed by atoms with Crippen molar-refractivity contribution >= 4 is 27.7 Å². The number of carbonyl (C=O) groups is 2. The molecule has 0 atom stereocenters. The van der Waals surface area contributed by atoms with Gasteiger partial charge in [-0.15, -0.1) is 0 Å². The van der Waals surface area contributed by atoms with Gasteiger partial charge in [-0.1, -0.05) is 0 Å². The average molecular weight is 395 g/mol. The van der Waals surface area contributed by atoms with Gasteiger partial charge < -0.3 is 15.0 Å². The van der Waals surface area contributed by atoms with Crippen molar-refractivity contribution in [2.24, 2.45) is 0 Å². The molecule has 2 amide bonds. The van der Waals surface area contributed by atoms with Crippen LogP contribution in [0, 0.1) is 0 Å². The van der Waals surface area contributed by atoms with Crippen LogP contribution in [-0.4, -0.2) is 50.1 Å². The minimum Gasteiger partial charge on any atom is -0.444 e.